The first-order valence-corrected chi connectivity index (χ1v) is 5.34. The van der Waals surface area contributed by atoms with Crippen molar-refractivity contribution in [2.75, 3.05) is 0 Å². The molecule has 0 aliphatic carbocycles. The molecule has 5 heteroatoms. The molecule has 2 rings (SSSR count). The fourth-order valence-corrected chi connectivity index (χ4v) is 1.70. The van der Waals surface area contributed by atoms with Crippen LogP contribution in [0.5, 0.6) is 16.7 Å². The number of hydrogen-bond donors (Lipinski definition) is 1. The van der Waals surface area contributed by atoms with Crippen LogP contribution in [0.1, 0.15) is 12.7 Å². The molecule has 0 spiro atoms. The molecule has 78 valence electrons. The van der Waals surface area contributed by atoms with Crippen molar-refractivity contribution in [2.24, 2.45) is 0 Å². The molecular weight excluding hydrogens is 212 g/mol. The first-order chi connectivity index (χ1) is 7.28. The Morgan fingerprint density at radius 2 is 2.33 bits per heavy atom. The molecule has 0 amide bonds. The Bertz CT molecular complexity index is 456. The number of hydrogen-bond acceptors (Lipinski definition) is 5. The third kappa shape index (κ3) is 2.44. The second kappa shape index (κ2) is 4.27. The zero-order valence-corrected chi connectivity index (χ0v) is 8.99. The zero-order chi connectivity index (χ0) is 10.7. The minimum Gasteiger partial charge on any atom is -0.508 e. The van der Waals surface area contributed by atoms with E-state index in [1.165, 1.54) is 17.6 Å². The van der Waals surface area contributed by atoms with Crippen LogP contribution in [0.4, 0.5) is 0 Å². The van der Waals surface area contributed by atoms with Gasteiger partial charge in [0.25, 0.3) is 5.19 Å². The Hall–Kier alpha value is -1.62. The lowest BCUT2D eigenvalue weighted by atomic mass is 10.3. The molecule has 2 aromatic rings. The number of aryl methyl sites for hydroxylation is 1. The van der Waals surface area contributed by atoms with E-state index in [-0.39, 0.29) is 5.75 Å². The normalized spacial score (nSPS) is 10.2. The molecule has 0 aliphatic heterocycles. The summed E-state index contributed by atoms with van der Waals surface area (Å²) < 4.78 is 9.52. The summed E-state index contributed by atoms with van der Waals surface area (Å²) in [5.74, 6) is 1.51. The van der Waals surface area contributed by atoms with E-state index in [0.29, 0.717) is 10.9 Å². The third-order valence-corrected chi connectivity index (χ3v) is 2.42. The van der Waals surface area contributed by atoms with Gasteiger partial charge in [-0.1, -0.05) is 13.0 Å². The van der Waals surface area contributed by atoms with Gasteiger partial charge < -0.3 is 9.84 Å². The van der Waals surface area contributed by atoms with E-state index in [2.05, 4.69) is 9.36 Å². The van der Waals surface area contributed by atoms with Crippen LogP contribution in [0, 0.1) is 0 Å². The van der Waals surface area contributed by atoms with Gasteiger partial charge in [0.2, 0.25) is 0 Å². The average molecular weight is 222 g/mol. The molecule has 0 fully saturated rings. The molecule has 0 saturated heterocycles. The number of rotatable bonds is 3. The van der Waals surface area contributed by atoms with Crippen LogP contribution in [0.3, 0.4) is 0 Å². The second-order valence-corrected chi connectivity index (χ2v) is 3.64. The summed E-state index contributed by atoms with van der Waals surface area (Å²) >= 11 is 1.21. The van der Waals surface area contributed by atoms with E-state index in [4.69, 9.17) is 4.74 Å². The quantitative estimate of drug-likeness (QED) is 0.867. The van der Waals surface area contributed by atoms with E-state index in [1.54, 1.807) is 18.2 Å². The van der Waals surface area contributed by atoms with Crippen LogP contribution in [0.25, 0.3) is 0 Å². The first kappa shape index (κ1) is 9.92. The standard InChI is InChI=1S/C10H10N2O2S/c1-2-9-11-10(15-12-9)14-8-5-3-4-7(13)6-8/h3-6,13H,2H2,1H3. The summed E-state index contributed by atoms with van der Waals surface area (Å²) in [4.78, 5) is 4.16. The van der Waals surface area contributed by atoms with Gasteiger partial charge >= 0.3 is 0 Å². The van der Waals surface area contributed by atoms with Gasteiger partial charge in [0.1, 0.15) is 17.3 Å². The topological polar surface area (TPSA) is 55.2 Å². The van der Waals surface area contributed by atoms with Gasteiger partial charge in [-0.05, 0) is 12.1 Å². The van der Waals surface area contributed by atoms with E-state index >= 15 is 0 Å². The number of phenols is 1. The molecular formula is C10H10N2O2S. The Morgan fingerprint density at radius 1 is 1.47 bits per heavy atom. The van der Waals surface area contributed by atoms with E-state index < -0.39 is 0 Å². The number of ether oxygens (including phenoxy) is 1. The van der Waals surface area contributed by atoms with Gasteiger partial charge in [-0.25, -0.2) is 0 Å². The van der Waals surface area contributed by atoms with E-state index in [9.17, 15) is 5.11 Å². The highest BCUT2D eigenvalue weighted by atomic mass is 32.1. The lowest BCUT2D eigenvalue weighted by molar-refractivity contribution is 0.453. The van der Waals surface area contributed by atoms with Gasteiger partial charge in [0.05, 0.1) is 0 Å². The molecule has 0 aliphatic rings. The average Bonchev–Trinajstić information content (AvgIpc) is 2.65. The molecule has 1 aromatic heterocycles. The van der Waals surface area contributed by atoms with Crippen LogP contribution in [-0.2, 0) is 6.42 Å². The zero-order valence-electron chi connectivity index (χ0n) is 8.17. The fourth-order valence-electron chi connectivity index (χ4n) is 1.07. The van der Waals surface area contributed by atoms with Crippen molar-refractivity contribution < 1.29 is 9.84 Å². The summed E-state index contributed by atoms with van der Waals surface area (Å²) in [7, 11) is 0. The predicted molar refractivity (Wildman–Crippen MR) is 57.5 cm³/mol. The van der Waals surface area contributed by atoms with Crippen molar-refractivity contribution >= 4 is 11.5 Å². The monoisotopic (exact) mass is 222 g/mol. The largest absolute Gasteiger partial charge is 0.508 e. The van der Waals surface area contributed by atoms with Gasteiger partial charge in [0.15, 0.2) is 0 Å². The van der Waals surface area contributed by atoms with Gasteiger partial charge in [0, 0.05) is 24.0 Å². The molecule has 4 nitrogen and oxygen atoms in total. The lowest BCUT2D eigenvalue weighted by Crippen LogP contribution is -1.85. The highest BCUT2D eigenvalue weighted by molar-refractivity contribution is 7.07. The van der Waals surface area contributed by atoms with E-state index in [1.807, 2.05) is 6.92 Å². The van der Waals surface area contributed by atoms with Gasteiger partial charge in [-0.15, -0.1) is 0 Å². The maximum Gasteiger partial charge on any atom is 0.298 e. The van der Waals surface area contributed by atoms with Crippen molar-refractivity contribution in [3.8, 4) is 16.7 Å². The van der Waals surface area contributed by atoms with E-state index in [0.717, 1.165) is 12.2 Å². The van der Waals surface area contributed by atoms with Gasteiger partial charge in [-0.3, -0.25) is 0 Å². The molecule has 0 atom stereocenters. The molecule has 15 heavy (non-hydrogen) atoms. The predicted octanol–water partition coefficient (Wildman–Crippen LogP) is 2.60. The maximum atomic E-state index is 9.23. The summed E-state index contributed by atoms with van der Waals surface area (Å²) in [5.41, 5.74) is 0. The van der Waals surface area contributed by atoms with Crippen LogP contribution in [-0.4, -0.2) is 14.5 Å². The molecule has 0 saturated carbocycles. The van der Waals surface area contributed by atoms with Crippen molar-refractivity contribution in [2.45, 2.75) is 13.3 Å². The lowest BCUT2D eigenvalue weighted by Gasteiger charge is -2.00. The molecule has 1 aromatic carbocycles. The smallest absolute Gasteiger partial charge is 0.298 e. The molecule has 0 radical (unpaired) electrons. The molecule has 0 bridgehead atoms. The highest BCUT2D eigenvalue weighted by Crippen LogP contribution is 2.25. The molecule has 1 heterocycles. The van der Waals surface area contributed by atoms with Crippen LogP contribution < -0.4 is 4.74 Å². The minimum atomic E-state index is 0.174. The Kier molecular flexibility index (Phi) is 2.82. The van der Waals surface area contributed by atoms with Crippen molar-refractivity contribution in [3.63, 3.8) is 0 Å². The number of benzene rings is 1. The second-order valence-electron chi connectivity index (χ2n) is 2.93. The van der Waals surface area contributed by atoms with Crippen LogP contribution in [0.15, 0.2) is 24.3 Å². The van der Waals surface area contributed by atoms with Crippen molar-refractivity contribution in [3.05, 3.63) is 30.1 Å². The van der Waals surface area contributed by atoms with Crippen molar-refractivity contribution in [1.29, 1.82) is 0 Å². The SMILES string of the molecule is CCc1nsc(Oc2cccc(O)c2)n1. The Balaban J connectivity index is 2.14. The summed E-state index contributed by atoms with van der Waals surface area (Å²) in [6.45, 7) is 1.99. The Morgan fingerprint density at radius 3 is 3.00 bits per heavy atom. The van der Waals surface area contributed by atoms with Gasteiger partial charge in [-0.2, -0.15) is 9.36 Å². The number of nitrogens with zero attached hydrogens (tertiary/aromatic N) is 2. The highest BCUT2D eigenvalue weighted by Gasteiger charge is 2.04. The number of aromatic hydroxyl groups is 1. The number of phenolic OH excluding ortho intramolecular Hbond substituents is 1. The summed E-state index contributed by atoms with van der Waals surface area (Å²) in [6.07, 6.45) is 0.792. The fraction of sp³-hybridized carbons (Fsp3) is 0.200. The van der Waals surface area contributed by atoms with Crippen LogP contribution >= 0.6 is 11.5 Å². The third-order valence-electron chi connectivity index (χ3n) is 1.79. The molecule has 1 N–H and O–H groups in total. The summed E-state index contributed by atoms with van der Waals surface area (Å²) in [6, 6.07) is 6.59. The molecule has 0 unspecified atom stereocenters. The first-order valence-electron chi connectivity index (χ1n) is 4.57. The van der Waals surface area contributed by atoms with Crippen molar-refractivity contribution in [1.82, 2.24) is 9.36 Å². The Labute approximate surface area is 91.3 Å². The minimum absolute atomic E-state index is 0.174. The maximum absolute atomic E-state index is 9.23. The summed E-state index contributed by atoms with van der Waals surface area (Å²) in [5, 5.41) is 9.73. The number of aromatic nitrogens is 2. The van der Waals surface area contributed by atoms with Crippen LogP contribution in [0.2, 0.25) is 0 Å².